The van der Waals surface area contributed by atoms with E-state index in [4.69, 9.17) is 0 Å². The highest BCUT2D eigenvalue weighted by Crippen LogP contribution is 2.54. The van der Waals surface area contributed by atoms with Gasteiger partial charge >= 0.3 is 18.0 Å². The highest BCUT2D eigenvalue weighted by atomic mass is 32.2. The first-order valence-corrected chi connectivity index (χ1v) is 9.71. The van der Waals surface area contributed by atoms with E-state index in [1.165, 1.54) is 40.9 Å². The molecule has 0 aromatic heterocycles. The molecule has 1 amide bonds. The molecule has 2 aromatic rings. The SMILES string of the molecule is O=CN1CC[C@@](Sc2ccc(F)cc2)(c2ccc(C(F)(C(F)(F)F)C(F)(F)F)cc2)C1. The van der Waals surface area contributed by atoms with Gasteiger partial charge in [0.25, 0.3) is 0 Å². The van der Waals surface area contributed by atoms with Crippen molar-refractivity contribution >= 4 is 18.2 Å². The van der Waals surface area contributed by atoms with Crippen LogP contribution in [0.1, 0.15) is 17.5 Å². The van der Waals surface area contributed by atoms with Crippen LogP contribution in [0.2, 0.25) is 0 Å². The predicted octanol–water partition coefficient (Wildman–Crippen LogP) is 5.96. The summed E-state index contributed by atoms with van der Waals surface area (Å²) >= 11 is 1.20. The summed E-state index contributed by atoms with van der Waals surface area (Å²) < 4.78 is 105. The lowest BCUT2D eigenvalue weighted by Crippen LogP contribution is -2.50. The molecular weight excluding hydrogens is 454 g/mol. The normalized spacial score (nSPS) is 20.2. The fourth-order valence-corrected chi connectivity index (χ4v) is 4.90. The first-order valence-electron chi connectivity index (χ1n) is 8.90. The minimum Gasteiger partial charge on any atom is -0.343 e. The molecule has 0 bridgehead atoms. The Balaban J connectivity index is 2.02. The van der Waals surface area contributed by atoms with Gasteiger partial charge < -0.3 is 4.90 Å². The summed E-state index contributed by atoms with van der Waals surface area (Å²) in [6.45, 7) is 0.425. The molecule has 1 aliphatic rings. The summed E-state index contributed by atoms with van der Waals surface area (Å²) in [7, 11) is 0. The van der Waals surface area contributed by atoms with E-state index in [1.807, 2.05) is 0 Å². The lowest BCUT2D eigenvalue weighted by Gasteiger charge is -2.32. The van der Waals surface area contributed by atoms with Crippen LogP contribution in [0.3, 0.4) is 0 Å². The van der Waals surface area contributed by atoms with Gasteiger partial charge in [0.05, 0.1) is 4.75 Å². The van der Waals surface area contributed by atoms with E-state index in [0.29, 0.717) is 42.0 Å². The molecule has 0 unspecified atom stereocenters. The van der Waals surface area contributed by atoms with Crippen molar-refractivity contribution in [2.75, 3.05) is 13.1 Å². The molecule has 3 rings (SSSR count). The van der Waals surface area contributed by atoms with Crippen LogP contribution in [0.5, 0.6) is 0 Å². The van der Waals surface area contributed by atoms with Crippen LogP contribution >= 0.6 is 11.8 Å². The number of halogens is 8. The molecule has 1 heterocycles. The standard InChI is InChI=1S/C20H15F8NOS/c21-15-5-7-16(8-6-15)31-17(9-10-29(11-17)12-30)13-1-3-14(4-2-13)18(22,19(23,24)25)20(26,27)28/h1-8,12H,9-11H2/t17-/m0/s1. The molecule has 1 aliphatic heterocycles. The third-order valence-electron chi connectivity index (χ3n) is 5.13. The van der Waals surface area contributed by atoms with Gasteiger partial charge in [-0.05, 0) is 36.2 Å². The molecule has 0 N–H and O–H groups in total. The van der Waals surface area contributed by atoms with Gasteiger partial charge in [-0.25, -0.2) is 8.78 Å². The van der Waals surface area contributed by atoms with Gasteiger partial charge in [-0.3, -0.25) is 4.79 Å². The Morgan fingerprint density at radius 1 is 0.871 bits per heavy atom. The van der Waals surface area contributed by atoms with Crippen LogP contribution in [0.15, 0.2) is 53.4 Å². The number of carbonyl (C=O) groups is 1. The number of hydrogen-bond donors (Lipinski definition) is 0. The van der Waals surface area contributed by atoms with E-state index in [-0.39, 0.29) is 6.54 Å². The maximum absolute atomic E-state index is 14.3. The molecule has 0 aliphatic carbocycles. The van der Waals surface area contributed by atoms with E-state index in [2.05, 4.69) is 0 Å². The van der Waals surface area contributed by atoms with Crippen LogP contribution in [-0.2, 0) is 15.2 Å². The topological polar surface area (TPSA) is 20.3 Å². The number of rotatable bonds is 5. The first-order chi connectivity index (χ1) is 14.3. The lowest BCUT2D eigenvalue weighted by atomic mass is 9.90. The van der Waals surface area contributed by atoms with Crippen molar-refractivity contribution in [3.63, 3.8) is 0 Å². The maximum Gasteiger partial charge on any atom is 0.435 e. The number of carbonyl (C=O) groups excluding carboxylic acids is 1. The van der Waals surface area contributed by atoms with Gasteiger partial charge in [0, 0.05) is 23.5 Å². The number of hydrogen-bond acceptors (Lipinski definition) is 2. The smallest absolute Gasteiger partial charge is 0.343 e. The largest absolute Gasteiger partial charge is 0.435 e. The highest BCUT2D eigenvalue weighted by molar-refractivity contribution is 8.00. The molecule has 1 saturated heterocycles. The van der Waals surface area contributed by atoms with Crippen molar-refractivity contribution in [1.29, 1.82) is 0 Å². The lowest BCUT2D eigenvalue weighted by molar-refractivity contribution is -0.348. The Morgan fingerprint density at radius 3 is 1.87 bits per heavy atom. The number of amides is 1. The summed E-state index contributed by atoms with van der Waals surface area (Å²) in [5.41, 5.74) is -6.77. The van der Waals surface area contributed by atoms with Crippen LogP contribution in [0.4, 0.5) is 35.1 Å². The fourth-order valence-electron chi connectivity index (χ4n) is 3.50. The summed E-state index contributed by atoms with van der Waals surface area (Å²) in [5, 5.41) is 0. The van der Waals surface area contributed by atoms with Gasteiger partial charge in [-0.15, -0.1) is 11.8 Å². The Kier molecular flexibility index (Phi) is 6.03. The van der Waals surface area contributed by atoms with Gasteiger partial charge in [0.15, 0.2) is 0 Å². The van der Waals surface area contributed by atoms with Crippen molar-refractivity contribution in [3.05, 3.63) is 65.5 Å². The summed E-state index contributed by atoms with van der Waals surface area (Å²) in [4.78, 5) is 13.2. The first kappa shape index (κ1) is 23.4. The van der Waals surface area contributed by atoms with Crippen molar-refractivity contribution < 1.29 is 39.9 Å². The molecular formula is C20H15F8NOS. The number of likely N-dealkylation sites (tertiary alicyclic amines) is 1. The molecule has 1 fully saturated rings. The Bertz CT molecular complexity index is 912. The van der Waals surface area contributed by atoms with Crippen molar-refractivity contribution in [2.45, 2.75) is 34.1 Å². The average Bonchev–Trinajstić information content (AvgIpc) is 3.12. The van der Waals surface area contributed by atoms with E-state index in [0.717, 1.165) is 12.1 Å². The second-order valence-electron chi connectivity index (χ2n) is 7.11. The quantitative estimate of drug-likeness (QED) is 0.398. The molecule has 168 valence electrons. The van der Waals surface area contributed by atoms with E-state index in [9.17, 15) is 39.9 Å². The second-order valence-corrected chi connectivity index (χ2v) is 8.56. The summed E-state index contributed by atoms with van der Waals surface area (Å²) in [5.74, 6) is -0.484. The summed E-state index contributed by atoms with van der Waals surface area (Å²) in [6.07, 6.45) is -11.5. The molecule has 0 radical (unpaired) electrons. The number of benzene rings is 2. The molecule has 11 heteroatoms. The number of nitrogens with zero attached hydrogens (tertiary/aromatic N) is 1. The van der Waals surface area contributed by atoms with Gasteiger partial charge in [0.2, 0.25) is 6.41 Å². The molecule has 0 spiro atoms. The average molecular weight is 469 g/mol. The van der Waals surface area contributed by atoms with Crippen molar-refractivity contribution in [2.24, 2.45) is 0 Å². The van der Waals surface area contributed by atoms with E-state index >= 15 is 0 Å². The van der Waals surface area contributed by atoms with E-state index in [1.54, 1.807) is 0 Å². The van der Waals surface area contributed by atoms with Crippen molar-refractivity contribution in [3.8, 4) is 0 Å². The van der Waals surface area contributed by atoms with Gasteiger partial charge in [0.1, 0.15) is 5.82 Å². The highest BCUT2D eigenvalue weighted by Gasteiger charge is 2.73. The molecule has 2 nitrogen and oxygen atoms in total. The van der Waals surface area contributed by atoms with Crippen LogP contribution in [0, 0.1) is 5.82 Å². The van der Waals surface area contributed by atoms with E-state index < -0.39 is 34.1 Å². The predicted molar refractivity (Wildman–Crippen MR) is 97.5 cm³/mol. The molecule has 1 atom stereocenters. The minimum absolute atomic E-state index is 0.122. The zero-order valence-electron chi connectivity index (χ0n) is 15.6. The zero-order chi connectivity index (χ0) is 23.1. The molecule has 31 heavy (non-hydrogen) atoms. The maximum atomic E-state index is 14.3. The fraction of sp³-hybridized carbons (Fsp3) is 0.350. The third kappa shape index (κ3) is 4.24. The van der Waals surface area contributed by atoms with Crippen LogP contribution in [0.25, 0.3) is 0 Å². The monoisotopic (exact) mass is 469 g/mol. The van der Waals surface area contributed by atoms with Gasteiger partial charge in [-0.2, -0.15) is 26.3 Å². The summed E-state index contributed by atoms with van der Waals surface area (Å²) in [6, 6.07) is 8.29. The zero-order valence-corrected chi connectivity index (χ0v) is 16.4. The Hall–Kier alpha value is -2.30. The number of alkyl halides is 7. The Morgan fingerprint density at radius 2 is 1.42 bits per heavy atom. The molecule has 0 saturated carbocycles. The van der Waals surface area contributed by atoms with Crippen LogP contribution < -0.4 is 0 Å². The molecule has 2 aromatic carbocycles. The van der Waals surface area contributed by atoms with Crippen LogP contribution in [-0.4, -0.2) is 36.8 Å². The number of thioether (sulfide) groups is 1. The van der Waals surface area contributed by atoms with Crippen molar-refractivity contribution in [1.82, 2.24) is 4.90 Å². The second kappa shape index (κ2) is 7.99. The minimum atomic E-state index is -6.20. The third-order valence-corrected chi connectivity index (χ3v) is 6.59. The van der Waals surface area contributed by atoms with Gasteiger partial charge in [-0.1, -0.05) is 24.3 Å². The Labute approximate surface area is 176 Å².